The maximum absolute atomic E-state index is 10.6. The molecule has 0 spiro atoms. The predicted octanol–water partition coefficient (Wildman–Crippen LogP) is 3.44. The van der Waals surface area contributed by atoms with Gasteiger partial charge in [-0.25, -0.2) is 0 Å². The summed E-state index contributed by atoms with van der Waals surface area (Å²) in [5.74, 6) is 0.905. The molecule has 1 aliphatic rings. The molecule has 1 aromatic rings. The molecule has 0 heterocycles. The van der Waals surface area contributed by atoms with Gasteiger partial charge in [0.15, 0.2) is 0 Å². The van der Waals surface area contributed by atoms with E-state index < -0.39 is 5.60 Å². The van der Waals surface area contributed by atoms with Gasteiger partial charge >= 0.3 is 0 Å². The minimum atomic E-state index is -0.519. The topological polar surface area (TPSA) is 41.5 Å². The minimum absolute atomic E-state index is 0.235. The van der Waals surface area contributed by atoms with E-state index in [2.05, 4.69) is 31.3 Å². The van der Waals surface area contributed by atoms with Crippen LogP contribution in [0.25, 0.3) is 0 Å². The maximum Gasteiger partial charge on any atom is 0.119 e. The van der Waals surface area contributed by atoms with Crippen LogP contribution >= 0.6 is 0 Å². The van der Waals surface area contributed by atoms with Crippen molar-refractivity contribution in [1.82, 2.24) is 5.32 Å². The standard InChI is InChI=1S/C18H29NO2/c1-15-7-9-17(10-8-15)21-13-16(2)19-14-18(20)11-5-3-4-6-12-18/h7-10,16,19-20H,3-6,11-14H2,1-2H3. The lowest BCUT2D eigenvalue weighted by atomic mass is 9.94. The molecule has 21 heavy (non-hydrogen) atoms. The zero-order valence-electron chi connectivity index (χ0n) is 13.4. The third-order valence-corrected chi connectivity index (χ3v) is 4.33. The first-order valence-corrected chi connectivity index (χ1v) is 8.23. The molecule has 0 aliphatic heterocycles. The number of benzene rings is 1. The monoisotopic (exact) mass is 291 g/mol. The first kappa shape index (κ1) is 16.3. The van der Waals surface area contributed by atoms with Gasteiger partial charge in [-0.1, -0.05) is 43.4 Å². The molecule has 3 nitrogen and oxygen atoms in total. The van der Waals surface area contributed by atoms with Gasteiger partial charge in [-0.3, -0.25) is 0 Å². The van der Waals surface area contributed by atoms with E-state index >= 15 is 0 Å². The van der Waals surface area contributed by atoms with Crippen molar-refractivity contribution in [3.05, 3.63) is 29.8 Å². The number of nitrogens with one attached hydrogen (secondary N) is 1. The number of rotatable bonds is 6. The SMILES string of the molecule is Cc1ccc(OCC(C)NCC2(O)CCCCCC2)cc1. The van der Waals surface area contributed by atoms with E-state index in [1.165, 1.54) is 18.4 Å². The van der Waals surface area contributed by atoms with Crippen molar-refractivity contribution < 1.29 is 9.84 Å². The third-order valence-electron chi connectivity index (χ3n) is 4.33. The van der Waals surface area contributed by atoms with Crippen molar-refractivity contribution in [2.45, 2.75) is 64.0 Å². The van der Waals surface area contributed by atoms with Crippen LogP contribution in [0.4, 0.5) is 0 Å². The number of aryl methyl sites for hydroxylation is 1. The van der Waals surface area contributed by atoms with Crippen LogP contribution < -0.4 is 10.1 Å². The van der Waals surface area contributed by atoms with Gasteiger partial charge in [0.25, 0.3) is 0 Å². The summed E-state index contributed by atoms with van der Waals surface area (Å²) in [4.78, 5) is 0. The van der Waals surface area contributed by atoms with E-state index in [1.807, 2.05) is 12.1 Å². The van der Waals surface area contributed by atoms with Crippen molar-refractivity contribution >= 4 is 0 Å². The number of hydrogen-bond acceptors (Lipinski definition) is 3. The summed E-state index contributed by atoms with van der Waals surface area (Å²) in [6, 6.07) is 8.35. The van der Waals surface area contributed by atoms with Crippen LogP contribution in [0.1, 0.15) is 51.0 Å². The first-order valence-electron chi connectivity index (χ1n) is 8.23. The second-order valence-corrected chi connectivity index (χ2v) is 6.54. The van der Waals surface area contributed by atoms with Crippen LogP contribution in [-0.2, 0) is 0 Å². The molecule has 1 atom stereocenters. The Kier molecular flexibility index (Phi) is 6.07. The average Bonchev–Trinajstić information content (AvgIpc) is 2.70. The zero-order chi connectivity index (χ0) is 15.1. The highest BCUT2D eigenvalue weighted by atomic mass is 16.5. The van der Waals surface area contributed by atoms with Gasteiger partial charge in [0, 0.05) is 12.6 Å². The van der Waals surface area contributed by atoms with Crippen molar-refractivity contribution in [3.63, 3.8) is 0 Å². The molecule has 2 N–H and O–H groups in total. The van der Waals surface area contributed by atoms with Gasteiger partial charge < -0.3 is 15.2 Å². The van der Waals surface area contributed by atoms with Gasteiger partial charge in [0.1, 0.15) is 12.4 Å². The van der Waals surface area contributed by atoms with Crippen LogP contribution in [0, 0.1) is 6.92 Å². The second-order valence-electron chi connectivity index (χ2n) is 6.54. The summed E-state index contributed by atoms with van der Waals surface area (Å²) >= 11 is 0. The molecule has 1 aliphatic carbocycles. The zero-order valence-corrected chi connectivity index (χ0v) is 13.4. The van der Waals surface area contributed by atoms with Crippen molar-refractivity contribution in [3.8, 4) is 5.75 Å². The molecule has 3 heteroatoms. The molecule has 1 aromatic carbocycles. The molecule has 118 valence electrons. The Labute approximate surface area is 128 Å². The number of ether oxygens (including phenoxy) is 1. The van der Waals surface area contributed by atoms with Crippen molar-refractivity contribution in [1.29, 1.82) is 0 Å². The molecule has 1 saturated carbocycles. The average molecular weight is 291 g/mol. The van der Waals surface area contributed by atoms with Gasteiger partial charge in [0.05, 0.1) is 5.60 Å². The summed E-state index contributed by atoms with van der Waals surface area (Å²) in [7, 11) is 0. The molecule has 1 unspecified atom stereocenters. The molecule has 0 saturated heterocycles. The molecule has 2 rings (SSSR count). The van der Waals surface area contributed by atoms with Crippen LogP contribution in [0.2, 0.25) is 0 Å². The lowest BCUT2D eigenvalue weighted by molar-refractivity contribution is 0.0218. The van der Waals surface area contributed by atoms with E-state index in [-0.39, 0.29) is 6.04 Å². The predicted molar refractivity (Wildman–Crippen MR) is 86.8 cm³/mol. The van der Waals surface area contributed by atoms with Gasteiger partial charge in [0.2, 0.25) is 0 Å². The van der Waals surface area contributed by atoms with E-state index in [4.69, 9.17) is 4.74 Å². The smallest absolute Gasteiger partial charge is 0.119 e. The Morgan fingerprint density at radius 1 is 1.14 bits per heavy atom. The Morgan fingerprint density at radius 3 is 2.38 bits per heavy atom. The minimum Gasteiger partial charge on any atom is -0.492 e. The Bertz CT molecular complexity index is 408. The summed E-state index contributed by atoms with van der Waals surface area (Å²) in [5.41, 5.74) is 0.721. The first-order chi connectivity index (χ1) is 10.1. The highest BCUT2D eigenvalue weighted by Gasteiger charge is 2.27. The van der Waals surface area contributed by atoms with Crippen LogP contribution in [-0.4, -0.2) is 29.9 Å². The van der Waals surface area contributed by atoms with E-state index in [0.717, 1.165) is 31.4 Å². The van der Waals surface area contributed by atoms with Crippen molar-refractivity contribution in [2.75, 3.05) is 13.2 Å². The molecule has 0 bridgehead atoms. The van der Waals surface area contributed by atoms with Crippen molar-refractivity contribution in [2.24, 2.45) is 0 Å². The summed E-state index contributed by atoms with van der Waals surface area (Å²) < 4.78 is 5.78. The Morgan fingerprint density at radius 2 is 1.76 bits per heavy atom. The van der Waals surface area contributed by atoms with Gasteiger partial charge in [-0.2, -0.15) is 0 Å². The number of aliphatic hydroxyl groups is 1. The van der Waals surface area contributed by atoms with Crippen LogP contribution in [0.3, 0.4) is 0 Å². The fraction of sp³-hybridized carbons (Fsp3) is 0.667. The molecular formula is C18H29NO2. The third kappa shape index (κ3) is 5.68. The fourth-order valence-corrected chi connectivity index (χ4v) is 2.84. The normalized spacial score (nSPS) is 19.8. The Hall–Kier alpha value is -1.06. The summed E-state index contributed by atoms with van der Waals surface area (Å²) in [5, 5.41) is 14.0. The quantitative estimate of drug-likeness (QED) is 0.789. The molecule has 0 aromatic heterocycles. The molecule has 0 radical (unpaired) electrons. The maximum atomic E-state index is 10.6. The highest BCUT2D eigenvalue weighted by molar-refractivity contribution is 5.26. The van der Waals surface area contributed by atoms with Gasteiger partial charge in [-0.05, 0) is 38.8 Å². The lowest BCUT2D eigenvalue weighted by Crippen LogP contribution is -2.45. The van der Waals surface area contributed by atoms with E-state index in [1.54, 1.807) is 0 Å². The lowest BCUT2D eigenvalue weighted by Gasteiger charge is -2.28. The second kappa shape index (κ2) is 7.81. The fourth-order valence-electron chi connectivity index (χ4n) is 2.84. The van der Waals surface area contributed by atoms with E-state index in [9.17, 15) is 5.11 Å². The highest BCUT2D eigenvalue weighted by Crippen LogP contribution is 2.26. The molecule has 0 amide bonds. The molecular weight excluding hydrogens is 262 g/mol. The Balaban J connectivity index is 1.71. The van der Waals surface area contributed by atoms with Gasteiger partial charge in [-0.15, -0.1) is 0 Å². The van der Waals surface area contributed by atoms with E-state index in [0.29, 0.717) is 13.2 Å². The van der Waals surface area contributed by atoms with Crippen LogP contribution in [0.15, 0.2) is 24.3 Å². The van der Waals surface area contributed by atoms with Crippen LogP contribution in [0.5, 0.6) is 5.75 Å². The molecule has 1 fully saturated rings. The largest absolute Gasteiger partial charge is 0.492 e. The number of hydrogen-bond donors (Lipinski definition) is 2. The summed E-state index contributed by atoms with van der Waals surface area (Å²) in [6.07, 6.45) is 6.65. The summed E-state index contributed by atoms with van der Waals surface area (Å²) in [6.45, 7) is 5.47.